The maximum atomic E-state index is 12.6. The Morgan fingerprint density at radius 3 is 2.42 bits per heavy atom. The smallest absolute Gasteiger partial charge is 0.293 e. The van der Waals surface area contributed by atoms with Crippen molar-refractivity contribution in [3.8, 4) is 0 Å². The van der Waals surface area contributed by atoms with Gasteiger partial charge < -0.3 is 15.5 Å². The normalized spacial score (nSPS) is 12.9. The predicted molar refractivity (Wildman–Crippen MR) is 124 cm³/mol. The van der Waals surface area contributed by atoms with Gasteiger partial charge in [-0.05, 0) is 55.4 Å². The molecular weight excluding hydrogens is 418 g/mol. The van der Waals surface area contributed by atoms with Crippen molar-refractivity contribution in [3.63, 3.8) is 0 Å². The Balaban J connectivity index is 1.67. The van der Waals surface area contributed by atoms with Gasteiger partial charge in [-0.2, -0.15) is 0 Å². The van der Waals surface area contributed by atoms with E-state index >= 15 is 0 Å². The fraction of sp³-hybridized carbons (Fsp3) is 0.286. The molecule has 2 amide bonds. The van der Waals surface area contributed by atoms with Crippen LogP contribution in [0.2, 0.25) is 0 Å². The van der Waals surface area contributed by atoms with Crippen LogP contribution >= 0.6 is 12.2 Å². The van der Waals surface area contributed by atoms with E-state index in [1.54, 1.807) is 43.3 Å². The second kappa shape index (κ2) is 9.98. The predicted octanol–water partition coefficient (Wildman–Crippen LogP) is 3.67. The Labute approximate surface area is 185 Å². The number of hydrogen-bond acceptors (Lipinski definition) is 6. The molecule has 3 rings (SSSR count). The maximum absolute atomic E-state index is 12.6. The van der Waals surface area contributed by atoms with Gasteiger partial charge in [0.05, 0.1) is 4.92 Å². The van der Waals surface area contributed by atoms with E-state index in [-0.39, 0.29) is 22.3 Å². The van der Waals surface area contributed by atoms with Gasteiger partial charge in [0.25, 0.3) is 11.6 Å². The Bertz CT molecular complexity index is 1020. The largest absolute Gasteiger partial charge is 0.366 e. The van der Waals surface area contributed by atoms with Crippen LogP contribution < -0.4 is 20.9 Å². The first-order valence-electron chi connectivity index (χ1n) is 9.93. The third-order valence-electron chi connectivity index (χ3n) is 4.83. The summed E-state index contributed by atoms with van der Waals surface area (Å²) in [4.78, 5) is 37.1. The van der Waals surface area contributed by atoms with Crippen molar-refractivity contribution in [2.75, 3.05) is 28.6 Å². The lowest BCUT2D eigenvalue weighted by atomic mass is 10.1. The lowest BCUT2D eigenvalue weighted by molar-refractivity contribution is -0.384. The van der Waals surface area contributed by atoms with Crippen LogP contribution in [-0.2, 0) is 4.79 Å². The third kappa shape index (κ3) is 5.76. The van der Waals surface area contributed by atoms with Crippen LogP contribution in [0.3, 0.4) is 0 Å². The summed E-state index contributed by atoms with van der Waals surface area (Å²) in [6.45, 7) is 3.28. The van der Waals surface area contributed by atoms with Crippen molar-refractivity contribution in [2.45, 2.75) is 26.2 Å². The summed E-state index contributed by atoms with van der Waals surface area (Å²) < 4.78 is 0. The van der Waals surface area contributed by atoms with Crippen LogP contribution in [0.4, 0.5) is 22.7 Å². The van der Waals surface area contributed by atoms with Crippen molar-refractivity contribution >= 4 is 51.9 Å². The minimum absolute atomic E-state index is 0.0373. The molecule has 0 saturated carbocycles. The molecule has 9 nitrogen and oxygen atoms in total. The van der Waals surface area contributed by atoms with Gasteiger partial charge in [0.15, 0.2) is 5.11 Å². The topological polar surface area (TPSA) is 117 Å². The monoisotopic (exact) mass is 441 g/mol. The molecule has 2 aromatic rings. The number of rotatable bonds is 6. The van der Waals surface area contributed by atoms with Gasteiger partial charge >= 0.3 is 0 Å². The molecule has 1 fully saturated rings. The summed E-state index contributed by atoms with van der Waals surface area (Å²) in [5.74, 6) is -0.670. The first-order valence-corrected chi connectivity index (χ1v) is 10.3. The van der Waals surface area contributed by atoms with Crippen molar-refractivity contribution in [1.29, 1.82) is 0 Å². The molecule has 0 radical (unpaired) electrons. The molecule has 1 aliphatic rings. The number of nitro benzene ring substituents is 1. The van der Waals surface area contributed by atoms with Crippen LogP contribution in [0.25, 0.3) is 0 Å². The molecule has 162 valence electrons. The Morgan fingerprint density at radius 1 is 1.10 bits per heavy atom. The summed E-state index contributed by atoms with van der Waals surface area (Å²) in [6, 6.07) is 11.3. The summed E-state index contributed by atoms with van der Waals surface area (Å²) in [5.41, 5.74) is 1.73. The molecule has 31 heavy (non-hydrogen) atoms. The first-order chi connectivity index (χ1) is 14.9. The number of amides is 2. The van der Waals surface area contributed by atoms with E-state index in [0.29, 0.717) is 23.5 Å². The number of benzene rings is 2. The summed E-state index contributed by atoms with van der Waals surface area (Å²) in [6.07, 6.45) is 2.33. The Kier molecular flexibility index (Phi) is 7.14. The zero-order valence-electron chi connectivity index (χ0n) is 17.0. The number of thiocarbonyl (C=S) groups is 1. The number of carbonyl (C=O) groups is 2. The number of carbonyl (C=O) groups excluding carboxylic acids is 2. The minimum atomic E-state index is -0.552. The fourth-order valence-electron chi connectivity index (χ4n) is 3.30. The Morgan fingerprint density at radius 2 is 1.77 bits per heavy atom. The molecule has 3 N–H and O–H groups in total. The summed E-state index contributed by atoms with van der Waals surface area (Å²) in [7, 11) is 0. The number of nitrogens with zero attached hydrogens (tertiary/aromatic N) is 2. The highest BCUT2D eigenvalue weighted by molar-refractivity contribution is 7.80. The van der Waals surface area contributed by atoms with Crippen LogP contribution in [0.1, 0.15) is 36.5 Å². The van der Waals surface area contributed by atoms with E-state index in [0.717, 1.165) is 25.9 Å². The van der Waals surface area contributed by atoms with Gasteiger partial charge in [0.2, 0.25) is 5.91 Å². The van der Waals surface area contributed by atoms with Crippen LogP contribution in [-0.4, -0.2) is 34.9 Å². The summed E-state index contributed by atoms with van der Waals surface area (Å²) in [5, 5.41) is 19.7. The molecule has 0 unspecified atom stereocenters. The van der Waals surface area contributed by atoms with Gasteiger partial charge in [-0.1, -0.05) is 13.0 Å². The SMILES string of the molecule is CCC(=O)Nc1cccc(NC(=S)NC(=O)c2ccc(N3CCCC3)c([N+](=O)[O-])c2)c1. The average Bonchev–Trinajstić information content (AvgIpc) is 3.28. The molecule has 10 heteroatoms. The minimum Gasteiger partial charge on any atom is -0.366 e. The molecule has 1 aliphatic heterocycles. The highest BCUT2D eigenvalue weighted by Crippen LogP contribution is 2.31. The third-order valence-corrected chi connectivity index (χ3v) is 5.04. The van der Waals surface area contributed by atoms with E-state index in [1.807, 2.05) is 4.90 Å². The van der Waals surface area contributed by atoms with Crippen molar-refractivity contribution in [1.82, 2.24) is 5.32 Å². The van der Waals surface area contributed by atoms with E-state index in [4.69, 9.17) is 12.2 Å². The zero-order chi connectivity index (χ0) is 22.4. The van der Waals surface area contributed by atoms with Crippen LogP contribution in [0, 0.1) is 10.1 Å². The molecule has 0 spiro atoms. The van der Waals surface area contributed by atoms with Gasteiger partial charge in [0, 0.05) is 42.5 Å². The lowest BCUT2D eigenvalue weighted by Crippen LogP contribution is -2.34. The molecule has 1 saturated heterocycles. The average molecular weight is 442 g/mol. The first kappa shape index (κ1) is 22.2. The molecule has 2 aromatic carbocycles. The van der Waals surface area contributed by atoms with E-state index in [2.05, 4.69) is 16.0 Å². The number of hydrogen-bond donors (Lipinski definition) is 3. The van der Waals surface area contributed by atoms with E-state index < -0.39 is 10.8 Å². The zero-order valence-corrected chi connectivity index (χ0v) is 17.8. The number of anilines is 3. The molecule has 0 atom stereocenters. The van der Waals surface area contributed by atoms with Gasteiger partial charge in [0.1, 0.15) is 5.69 Å². The second-order valence-corrected chi connectivity index (χ2v) is 7.45. The van der Waals surface area contributed by atoms with Gasteiger partial charge in [-0.15, -0.1) is 0 Å². The standard InChI is InChI=1S/C21H23N5O4S/c1-2-19(27)22-15-6-5-7-16(13-15)23-21(31)24-20(28)14-8-9-17(18(12-14)26(29)30)25-10-3-4-11-25/h5-9,12-13H,2-4,10-11H2,1H3,(H,22,27)(H2,23,24,28,31). The van der Waals surface area contributed by atoms with Crippen molar-refractivity contribution in [2.24, 2.45) is 0 Å². The van der Waals surface area contributed by atoms with Crippen molar-refractivity contribution < 1.29 is 14.5 Å². The lowest BCUT2D eigenvalue weighted by Gasteiger charge is -2.18. The van der Waals surface area contributed by atoms with E-state index in [1.165, 1.54) is 6.07 Å². The number of nitrogens with one attached hydrogen (secondary N) is 3. The Hall–Kier alpha value is -3.53. The quantitative estimate of drug-likeness (QED) is 0.356. The summed E-state index contributed by atoms with van der Waals surface area (Å²) >= 11 is 5.19. The van der Waals surface area contributed by atoms with Gasteiger partial charge in [-0.3, -0.25) is 25.0 Å². The van der Waals surface area contributed by atoms with Gasteiger partial charge in [-0.25, -0.2) is 0 Å². The van der Waals surface area contributed by atoms with Crippen LogP contribution in [0.15, 0.2) is 42.5 Å². The highest BCUT2D eigenvalue weighted by atomic mass is 32.1. The fourth-order valence-corrected chi connectivity index (χ4v) is 3.51. The molecule has 0 aliphatic carbocycles. The van der Waals surface area contributed by atoms with E-state index in [9.17, 15) is 19.7 Å². The number of nitro groups is 1. The molecule has 0 bridgehead atoms. The maximum Gasteiger partial charge on any atom is 0.293 e. The second-order valence-electron chi connectivity index (χ2n) is 7.05. The molecule has 1 heterocycles. The van der Waals surface area contributed by atoms with Crippen molar-refractivity contribution in [3.05, 3.63) is 58.1 Å². The highest BCUT2D eigenvalue weighted by Gasteiger charge is 2.24. The molecule has 0 aromatic heterocycles. The molecular formula is C21H23N5O4S. The van der Waals surface area contributed by atoms with Crippen LogP contribution in [0.5, 0.6) is 0 Å².